The molecule has 3 aromatic rings. The van der Waals surface area contributed by atoms with Crippen molar-refractivity contribution in [2.75, 3.05) is 5.32 Å². The van der Waals surface area contributed by atoms with E-state index in [0.29, 0.717) is 27.2 Å². The van der Waals surface area contributed by atoms with Gasteiger partial charge in [-0.1, -0.05) is 29.3 Å². The summed E-state index contributed by atoms with van der Waals surface area (Å²) in [7, 11) is 0. The van der Waals surface area contributed by atoms with Crippen LogP contribution in [-0.2, 0) is 4.79 Å². The van der Waals surface area contributed by atoms with Crippen LogP contribution in [0, 0.1) is 13.8 Å². The number of rotatable bonds is 6. The molecule has 1 N–H and O–H groups in total. The molecular formula is C21H19Cl2N3O3. The summed E-state index contributed by atoms with van der Waals surface area (Å²) in [5.41, 5.74) is 2.17. The van der Waals surface area contributed by atoms with Gasteiger partial charge in [-0.05, 0) is 57.2 Å². The molecule has 0 aliphatic heterocycles. The minimum atomic E-state index is -0.777. The first-order valence-electron chi connectivity index (χ1n) is 8.83. The maximum absolute atomic E-state index is 12.5. The Bertz CT molecular complexity index is 1020. The summed E-state index contributed by atoms with van der Waals surface area (Å²) >= 11 is 12.0. The number of nitrogens with zero attached hydrogens (tertiary/aromatic N) is 2. The lowest BCUT2D eigenvalue weighted by Gasteiger charge is -2.16. The molecule has 0 bridgehead atoms. The molecule has 8 heteroatoms. The fourth-order valence-electron chi connectivity index (χ4n) is 2.54. The van der Waals surface area contributed by atoms with Gasteiger partial charge in [-0.3, -0.25) is 4.79 Å². The SMILES string of the molecule is Cc1cc(C)nc(Oc2cccc(NC(=O)[C@@H](C)Oc3ccc(Cl)cc3Cl)c2)n1. The minimum absolute atomic E-state index is 0.250. The second-order valence-corrected chi connectivity index (χ2v) is 7.23. The van der Waals surface area contributed by atoms with E-state index in [1.54, 1.807) is 49.4 Å². The minimum Gasteiger partial charge on any atom is -0.479 e. The lowest BCUT2D eigenvalue weighted by atomic mass is 10.2. The van der Waals surface area contributed by atoms with Crippen LogP contribution in [0.15, 0.2) is 48.5 Å². The van der Waals surface area contributed by atoms with Gasteiger partial charge < -0.3 is 14.8 Å². The molecule has 150 valence electrons. The van der Waals surface area contributed by atoms with Gasteiger partial charge in [-0.25, -0.2) is 9.97 Å². The van der Waals surface area contributed by atoms with E-state index in [0.717, 1.165) is 11.4 Å². The number of anilines is 1. The zero-order valence-corrected chi connectivity index (χ0v) is 17.6. The molecule has 2 aromatic carbocycles. The molecule has 1 amide bonds. The fraction of sp³-hybridized carbons (Fsp3) is 0.190. The van der Waals surface area contributed by atoms with Gasteiger partial charge in [0.2, 0.25) is 0 Å². The first-order valence-corrected chi connectivity index (χ1v) is 9.58. The maximum Gasteiger partial charge on any atom is 0.322 e. The first-order chi connectivity index (χ1) is 13.8. The van der Waals surface area contributed by atoms with Gasteiger partial charge in [0, 0.05) is 28.2 Å². The second-order valence-electron chi connectivity index (χ2n) is 6.39. The monoisotopic (exact) mass is 431 g/mol. The number of hydrogen-bond acceptors (Lipinski definition) is 5. The number of carbonyl (C=O) groups excluding carboxylic acids is 1. The Balaban J connectivity index is 1.66. The molecule has 0 spiro atoms. The van der Waals surface area contributed by atoms with E-state index < -0.39 is 6.10 Å². The van der Waals surface area contributed by atoms with E-state index in [9.17, 15) is 4.79 Å². The van der Waals surface area contributed by atoms with Gasteiger partial charge in [0.25, 0.3) is 5.91 Å². The quantitative estimate of drug-likeness (QED) is 0.549. The van der Waals surface area contributed by atoms with Crippen molar-refractivity contribution in [3.05, 3.63) is 70.0 Å². The Hall–Kier alpha value is -2.83. The zero-order valence-electron chi connectivity index (χ0n) is 16.1. The van der Waals surface area contributed by atoms with Gasteiger partial charge in [-0.15, -0.1) is 0 Å². The Morgan fingerprint density at radius 3 is 2.45 bits per heavy atom. The summed E-state index contributed by atoms with van der Waals surface area (Å²) in [6.45, 7) is 5.36. The first kappa shape index (κ1) is 20.9. The van der Waals surface area contributed by atoms with Crippen molar-refractivity contribution < 1.29 is 14.3 Å². The normalized spacial score (nSPS) is 11.6. The van der Waals surface area contributed by atoms with Crippen molar-refractivity contribution in [3.63, 3.8) is 0 Å². The van der Waals surface area contributed by atoms with Gasteiger partial charge >= 0.3 is 6.01 Å². The number of aryl methyl sites for hydroxylation is 2. The summed E-state index contributed by atoms with van der Waals surface area (Å²) < 4.78 is 11.3. The standard InChI is InChI=1S/C21H19Cl2N3O3/c1-12-9-13(2)25-21(24-12)29-17-6-4-5-16(11-17)26-20(27)14(3)28-19-8-7-15(22)10-18(19)23/h4-11,14H,1-3H3,(H,26,27)/t14-/m1/s1. The summed E-state index contributed by atoms with van der Waals surface area (Å²) in [6.07, 6.45) is -0.777. The highest BCUT2D eigenvalue weighted by Crippen LogP contribution is 2.28. The van der Waals surface area contributed by atoms with Crippen LogP contribution in [0.5, 0.6) is 17.5 Å². The molecule has 0 saturated heterocycles. The Morgan fingerprint density at radius 2 is 1.76 bits per heavy atom. The highest BCUT2D eigenvalue weighted by molar-refractivity contribution is 6.35. The largest absolute Gasteiger partial charge is 0.479 e. The molecule has 3 rings (SSSR count). The van der Waals surface area contributed by atoms with Crippen molar-refractivity contribution >= 4 is 34.8 Å². The highest BCUT2D eigenvalue weighted by atomic mass is 35.5. The molecule has 0 saturated carbocycles. The summed E-state index contributed by atoms with van der Waals surface area (Å²) in [5.74, 6) is 0.542. The molecule has 6 nitrogen and oxygen atoms in total. The van der Waals surface area contributed by atoms with Crippen molar-refractivity contribution in [3.8, 4) is 17.5 Å². The number of aromatic nitrogens is 2. The molecule has 29 heavy (non-hydrogen) atoms. The van der Waals surface area contributed by atoms with Crippen LogP contribution in [-0.4, -0.2) is 22.0 Å². The third-order valence-corrected chi connectivity index (χ3v) is 4.37. The lowest BCUT2D eigenvalue weighted by Crippen LogP contribution is -2.30. The van der Waals surface area contributed by atoms with Crippen LogP contribution in [0.3, 0.4) is 0 Å². The van der Waals surface area contributed by atoms with Crippen LogP contribution in [0.2, 0.25) is 10.0 Å². The third-order valence-electron chi connectivity index (χ3n) is 3.84. The Morgan fingerprint density at radius 1 is 1.03 bits per heavy atom. The van der Waals surface area contributed by atoms with E-state index in [1.165, 1.54) is 0 Å². The lowest BCUT2D eigenvalue weighted by molar-refractivity contribution is -0.122. The summed E-state index contributed by atoms with van der Waals surface area (Å²) in [6, 6.07) is 13.9. The molecule has 0 fully saturated rings. The van der Waals surface area contributed by atoms with Crippen LogP contribution >= 0.6 is 23.2 Å². The van der Waals surface area contributed by atoms with E-state index >= 15 is 0 Å². The number of ether oxygens (including phenoxy) is 2. The molecular weight excluding hydrogens is 413 g/mol. The smallest absolute Gasteiger partial charge is 0.322 e. The van der Waals surface area contributed by atoms with E-state index in [2.05, 4.69) is 15.3 Å². The molecule has 0 aliphatic carbocycles. The Kier molecular flexibility index (Phi) is 6.56. The number of halogens is 2. The van der Waals surface area contributed by atoms with E-state index in [-0.39, 0.29) is 11.9 Å². The van der Waals surface area contributed by atoms with Crippen LogP contribution in [0.4, 0.5) is 5.69 Å². The maximum atomic E-state index is 12.5. The molecule has 0 radical (unpaired) electrons. The molecule has 0 aliphatic rings. The van der Waals surface area contributed by atoms with E-state index in [4.69, 9.17) is 32.7 Å². The van der Waals surface area contributed by atoms with Gasteiger partial charge in [0.15, 0.2) is 6.10 Å². The summed E-state index contributed by atoms with van der Waals surface area (Å²) in [5, 5.41) is 3.61. The van der Waals surface area contributed by atoms with Crippen LogP contribution in [0.1, 0.15) is 18.3 Å². The molecule has 1 heterocycles. The number of benzene rings is 2. The number of hydrogen-bond donors (Lipinski definition) is 1. The molecule has 1 aromatic heterocycles. The third kappa shape index (κ3) is 5.82. The highest BCUT2D eigenvalue weighted by Gasteiger charge is 2.17. The van der Waals surface area contributed by atoms with Gasteiger partial charge in [-0.2, -0.15) is 0 Å². The van der Waals surface area contributed by atoms with Crippen molar-refractivity contribution in [2.24, 2.45) is 0 Å². The van der Waals surface area contributed by atoms with E-state index in [1.807, 2.05) is 19.9 Å². The second kappa shape index (κ2) is 9.11. The topological polar surface area (TPSA) is 73.3 Å². The fourth-order valence-corrected chi connectivity index (χ4v) is 2.99. The van der Waals surface area contributed by atoms with Crippen LogP contribution < -0.4 is 14.8 Å². The van der Waals surface area contributed by atoms with Crippen molar-refractivity contribution in [1.82, 2.24) is 9.97 Å². The summed E-state index contributed by atoms with van der Waals surface area (Å²) in [4.78, 5) is 21.0. The van der Waals surface area contributed by atoms with Gasteiger partial charge in [0.1, 0.15) is 11.5 Å². The Labute approximate surface area is 178 Å². The predicted octanol–water partition coefficient (Wildman–Crippen LogP) is 5.60. The number of amides is 1. The molecule has 1 atom stereocenters. The molecule has 0 unspecified atom stereocenters. The van der Waals surface area contributed by atoms with Gasteiger partial charge in [0.05, 0.1) is 5.02 Å². The average Bonchev–Trinajstić information content (AvgIpc) is 2.63. The number of carbonyl (C=O) groups is 1. The van der Waals surface area contributed by atoms with Crippen molar-refractivity contribution in [2.45, 2.75) is 26.9 Å². The zero-order chi connectivity index (χ0) is 21.0. The average molecular weight is 432 g/mol. The van der Waals surface area contributed by atoms with Crippen LogP contribution in [0.25, 0.3) is 0 Å². The van der Waals surface area contributed by atoms with Crippen molar-refractivity contribution in [1.29, 1.82) is 0 Å². The number of nitrogens with one attached hydrogen (secondary N) is 1. The predicted molar refractivity (Wildman–Crippen MR) is 113 cm³/mol.